The number of nitrogens with one attached hydrogen (secondary N) is 2. The van der Waals surface area contributed by atoms with Crippen LogP contribution in [0.3, 0.4) is 0 Å². The number of carbonyl (C=O) groups is 3. The van der Waals surface area contributed by atoms with E-state index in [0.29, 0.717) is 37.0 Å². The molecule has 1 aromatic carbocycles. The third-order valence-electron chi connectivity index (χ3n) is 6.17. The van der Waals surface area contributed by atoms with E-state index in [1.165, 1.54) is 6.20 Å². The zero-order valence-corrected chi connectivity index (χ0v) is 19.1. The molecule has 33 heavy (non-hydrogen) atoms. The van der Waals surface area contributed by atoms with E-state index in [4.69, 9.17) is 11.6 Å². The number of piperidine rings is 2. The van der Waals surface area contributed by atoms with Gasteiger partial charge in [0.15, 0.2) is 0 Å². The van der Waals surface area contributed by atoms with Crippen molar-refractivity contribution in [2.75, 3.05) is 36.8 Å². The molecule has 2 aliphatic rings. The van der Waals surface area contributed by atoms with Crippen molar-refractivity contribution in [2.24, 2.45) is 11.8 Å². The first-order chi connectivity index (χ1) is 16.0. The van der Waals surface area contributed by atoms with Gasteiger partial charge in [-0.2, -0.15) is 0 Å². The largest absolute Gasteiger partial charge is 0.342 e. The van der Waals surface area contributed by atoms with Crippen LogP contribution in [0.2, 0.25) is 5.02 Å². The van der Waals surface area contributed by atoms with E-state index in [1.807, 2.05) is 30.3 Å². The second-order valence-corrected chi connectivity index (χ2v) is 8.99. The molecule has 174 valence electrons. The molecule has 0 aliphatic carbocycles. The van der Waals surface area contributed by atoms with E-state index in [2.05, 4.69) is 15.6 Å². The minimum Gasteiger partial charge on any atom is -0.342 e. The summed E-state index contributed by atoms with van der Waals surface area (Å²) < 4.78 is 0. The van der Waals surface area contributed by atoms with Crippen molar-refractivity contribution in [2.45, 2.75) is 25.7 Å². The number of hydrogen-bond acceptors (Lipinski definition) is 4. The van der Waals surface area contributed by atoms with E-state index in [0.717, 1.165) is 31.4 Å². The third kappa shape index (κ3) is 6.01. The van der Waals surface area contributed by atoms with Crippen LogP contribution >= 0.6 is 11.6 Å². The van der Waals surface area contributed by atoms with Gasteiger partial charge < -0.3 is 20.4 Å². The maximum atomic E-state index is 13.3. The molecule has 2 N–H and O–H groups in total. The number of carbonyl (C=O) groups excluding carboxylic acids is 3. The van der Waals surface area contributed by atoms with Crippen LogP contribution in [-0.2, 0) is 9.59 Å². The summed E-state index contributed by atoms with van der Waals surface area (Å²) in [7, 11) is 0. The van der Waals surface area contributed by atoms with Gasteiger partial charge in [0.05, 0.1) is 16.9 Å². The van der Waals surface area contributed by atoms with Crippen LogP contribution in [0.15, 0.2) is 48.7 Å². The first-order valence-electron chi connectivity index (χ1n) is 11.3. The number of likely N-dealkylation sites (tertiary alicyclic amines) is 2. The Bertz CT molecular complexity index is 985. The number of amides is 4. The lowest BCUT2D eigenvalue weighted by Crippen LogP contribution is -2.51. The number of urea groups is 1. The molecule has 2 aliphatic heterocycles. The van der Waals surface area contributed by atoms with Gasteiger partial charge >= 0.3 is 6.03 Å². The Kier molecular flexibility index (Phi) is 7.44. The van der Waals surface area contributed by atoms with Crippen molar-refractivity contribution >= 4 is 41.0 Å². The van der Waals surface area contributed by atoms with E-state index < -0.39 is 0 Å². The predicted octanol–water partition coefficient (Wildman–Crippen LogP) is 3.86. The summed E-state index contributed by atoms with van der Waals surface area (Å²) in [6.45, 7) is 2.03. The summed E-state index contributed by atoms with van der Waals surface area (Å²) in [4.78, 5) is 46.3. The molecule has 2 saturated heterocycles. The molecule has 4 amide bonds. The van der Waals surface area contributed by atoms with Crippen molar-refractivity contribution in [3.8, 4) is 0 Å². The van der Waals surface area contributed by atoms with E-state index in [9.17, 15) is 14.4 Å². The van der Waals surface area contributed by atoms with Crippen LogP contribution in [0.4, 0.5) is 16.3 Å². The van der Waals surface area contributed by atoms with E-state index >= 15 is 0 Å². The molecule has 1 aromatic heterocycles. The van der Waals surface area contributed by atoms with E-state index in [-0.39, 0.29) is 29.7 Å². The lowest BCUT2D eigenvalue weighted by Gasteiger charge is -2.38. The van der Waals surface area contributed by atoms with Crippen LogP contribution in [0.1, 0.15) is 25.7 Å². The monoisotopic (exact) mass is 469 g/mol. The molecule has 2 aromatic rings. The van der Waals surface area contributed by atoms with Crippen molar-refractivity contribution in [3.63, 3.8) is 0 Å². The molecule has 3 heterocycles. The zero-order valence-electron chi connectivity index (χ0n) is 18.4. The molecular weight excluding hydrogens is 442 g/mol. The summed E-state index contributed by atoms with van der Waals surface area (Å²) in [5.41, 5.74) is 0.732. The van der Waals surface area contributed by atoms with Crippen LogP contribution in [-0.4, -0.2) is 58.8 Å². The minimum absolute atomic E-state index is 0.0225. The van der Waals surface area contributed by atoms with Crippen LogP contribution in [0.25, 0.3) is 0 Å². The Hall–Kier alpha value is -3.13. The molecule has 2 atom stereocenters. The molecule has 0 spiro atoms. The predicted molar refractivity (Wildman–Crippen MR) is 127 cm³/mol. The first kappa shape index (κ1) is 23.0. The smallest absolute Gasteiger partial charge is 0.321 e. The lowest BCUT2D eigenvalue weighted by atomic mass is 9.92. The van der Waals surface area contributed by atoms with Crippen LogP contribution < -0.4 is 10.6 Å². The summed E-state index contributed by atoms with van der Waals surface area (Å²) in [6, 6.07) is 12.4. The minimum atomic E-state index is -0.291. The molecule has 2 unspecified atom stereocenters. The number of aromatic nitrogens is 1. The number of para-hydroxylation sites is 1. The van der Waals surface area contributed by atoms with Gasteiger partial charge in [-0.25, -0.2) is 9.78 Å². The SMILES string of the molecule is O=C(Nc1ccc(Cl)cn1)C1CCCN(C(=O)C2CCCN(C(=O)Nc3ccccc3)C2)C1. The highest BCUT2D eigenvalue weighted by atomic mass is 35.5. The van der Waals surface area contributed by atoms with Crippen LogP contribution in [0.5, 0.6) is 0 Å². The van der Waals surface area contributed by atoms with Gasteiger partial charge in [0.25, 0.3) is 0 Å². The number of benzene rings is 1. The highest BCUT2D eigenvalue weighted by Gasteiger charge is 2.35. The van der Waals surface area contributed by atoms with Crippen molar-refractivity contribution in [1.29, 1.82) is 0 Å². The Morgan fingerprint density at radius 2 is 1.58 bits per heavy atom. The number of anilines is 2. The second kappa shape index (κ2) is 10.7. The fourth-order valence-electron chi connectivity index (χ4n) is 4.41. The quantitative estimate of drug-likeness (QED) is 0.710. The topological polar surface area (TPSA) is 94.6 Å². The number of hydrogen-bond donors (Lipinski definition) is 2. The molecule has 0 bridgehead atoms. The van der Waals surface area contributed by atoms with E-state index in [1.54, 1.807) is 21.9 Å². The Labute approximate surface area is 198 Å². The van der Waals surface area contributed by atoms with Gasteiger partial charge in [-0.3, -0.25) is 9.59 Å². The molecule has 2 fully saturated rings. The van der Waals surface area contributed by atoms with Gasteiger partial charge in [-0.15, -0.1) is 0 Å². The Morgan fingerprint density at radius 3 is 2.30 bits per heavy atom. The second-order valence-electron chi connectivity index (χ2n) is 8.56. The standard InChI is InChI=1S/C24H28ClN5O3/c25-19-10-11-21(26-14-19)28-22(31)17-6-4-12-29(15-17)23(32)18-7-5-13-30(16-18)24(33)27-20-8-2-1-3-9-20/h1-3,8-11,14,17-18H,4-7,12-13,15-16H2,(H,27,33)(H,26,28,31). The summed E-state index contributed by atoms with van der Waals surface area (Å²) in [5.74, 6) is -0.217. The van der Waals surface area contributed by atoms with Crippen molar-refractivity contribution in [1.82, 2.24) is 14.8 Å². The normalized spacial score (nSPS) is 20.8. The number of halogens is 1. The molecule has 8 nitrogen and oxygen atoms in total. The molecule has 0 saturated carbocycles. The first-order valence-corrected chi connectivity index (χ1v) is 11.7. The summed E-state index contributed by atoms with van der Waals surface area (Å²) in [6.07, 6.45) is 4.49. The maximum Gasteiger partial charge on any atom is 0.321 e. The average molecular weight is 470 g/mol. The van der Waals surface area contributed by atoms with Gasteiger partial charge in [-0.05, 0) is 49.9 Å². The molecule has 4 rings (SSSR count). The third-order valence-corrected chi connectivity index (χ3v) is 6.39. The average Bonchev–Trinajstić information content (AvgIpc) is 2.85. The Balaban J connectivity index is 1.32. The highest BCUT2D eigenvalue weighted by Crippen LogP contribution is 2.24. The molecular formula is C24H28ClN5O3. The summed E-state index contributed by atoms with van der Waals surface area (Å²) in [5, 5.41) is 6.21. The summed E-state index contributed by atoms with van der Waals surface area (Å²) >= 11 is 5.85. The number of nitrogens with zero attached hydrogens (tertiary/aromatic N) is 3. The lowest BCUT2D eigenvalue weighted by molar-refractivity contribution is -0.139. The van der Waals surface area contributed by atoms with Gasteiger partial charge in [-0.1, -0.05) is 29.8 Å². The van der Waals surface area contributed by atoms with Gasteiger partial charge in [0.2, 0.25) is 11.8 Å². The van der Waals surface area contributed by atoms with Crippen LogP contribution in [0, 0.1) is 11.8 Å². The van der Waals surface area contributed by atoms with Gasteiger partial charge in [0.1, 0.15) is 5.82 Å². The zero-order chi connectivity index (χ0) is 23.2. The Morgan fingerprint density at radius 1 is 0.879 bits per heavy atom. The maximum absolute atomic E-state index is 13.3. The number of rotatable bonds is 4. The molecule has 9 heteroatoms. The highest BCUT2D eigenvalue weighted by molar-refractivity contribution is 6.30. The fraction of sp³-hybridized carbons (Fsp3) is 0.417. The van der Waals surface area contributed by atoms with Crippen molar-refractivity contribution in [3.05, 3.63) is 53.7 Å². The van der Waals surface area contributed by atoms with Crippen molar-refractivity contribution < 1.29 is 14.4 Å². The van der Waals surface area contributed by atoms with Gasteiger partial charge in [0, 0.05) is 38.1 Å². The molecule has 0 radical (unpaired) electrons. The number of pyridine rings is 1. The fourth-order valence-corrected chi connectivity index (χ4v) is 4.53.